The summed E-state index contributed by atoms with van der Waals surface area (Å²) in [6.45, 7) is 0.618. The van der Waals surface area contributed by atoms with Crippen molar-refractivity contribution in [1.29, 1.82) is 0 Å². The number of cyclic esters (lactones) is 1. The fourth-order valence-electron chi connectivity index (χ4n) is 3.90. The van der Waals surface area contributed by atoms with E-state index in [0.717, 1.165) is 28.1 Å². The normalized spacial score (nSPS) is 24.9. The first kappa shape index (κ1) is 17.8. The fourth-order valence-corrected chi connectivity index (χ4v) is 4.67. The van der Waals surface area contributed by atoms with Gasteiger partial charge in [-0.15, -0.1) is 0 Å². The number of methoxy groups -OCH3 is 1. The van der Waals surface area contributed by atoms with E-state index in [1.54, 1.807) is 7.11 Å². The van der Waals surface area contributed by atoms with Crippen molar-refractivity contribution in [3.63, 3.8) is 0 Å². The Morgan fingerprint density at radius 1 is 1.21 bits per heavy atom. The van der Waals surface area contributed by atoms with E-state index in [0.29, 0.717) is 6.54 Å². The highest BCUT2D eigenvalue weighted by atomic mass is 127. The molecule has 24 heavy (non-hydrogen) atoms. The standard InChI is InChI=1S/C19H26INO3/c1-23-16-9-7-15(8-10-16)13-21-17(18(12-20)24-19(21)22)11-14-5-3-2-4-6-14/h7-10,14,17-18H,2-6,11-13H2,1H3/t17-,18+/m0/s1. The molecule has 1 amide bonds. The number of halogens is 1. The van der Waals surface area contributed by atoms with Crippen molar-refractivity contribution in [2.75, 3.05) is 11.5 Å². The van der Waals surface area contributed by atoms with Crippen LogP contribution in [0.25, 0.3) is 0 Å². The van der Waals surface area contributed by atoms with Crippen molar-refractivity contribution in [2.45, 2.75) is 57.2 Å². The fraction of sp³-hybridized carbons (Fsp3) is 0.632. The first-order chi connectivity index (χ1) is 11.7. The molecule has 0 radical (unpaired) electrons. The van der Waals surface area contributed by atoms with Crippen molar-refractivity contribution in [2.24, 2.45) is 5.92 Å². The number of amides is 1. The van der Waals surface area contributed by atoms with Crippen LogP contribution in [0.5, 0.6) is 5.75 Å². The molecule has 1 saturated heterocycles. The SMILES string of the molecule is COc1ccc(CN2C(=O)O[C@H](CI)[C@@H]2CC2CCCCC2)cc1. The Kier molecular flexibility index (Phi) is 6.25. The second-order valence-electron chi connectivity index (χ2n) is 6.86. The molecule has 1 aliphatic heterocycles. The van der Waals surface area contributed by atoms with Crippen LogP contribution in [0, 0.1) is 5.92 Å². The van der Waals surface area contributed by atoms with E-state index in [1.165, 1.54) is 32.1 Å². The number of rotatable bonds is 6. The maximum Gasteiger partial charge on any atom is 0.410 e. The average Bonchev–Trinajstić information content (AvgIpc) is 2.92. The number of hydrogen-bond acceptors (Lipinski definition) is 3. The van der Waals surface area contributed by atoms with Crippen LogP contribution in [0.2, 0.25) is 0 Å². The Balaban J connectivity index is 1.70. The smallest absolute Gasteiger partial charge is 0.410 e. The third-order valence-corrected chi connectivity index (χ3v) is 6.15. The summed E-state index contributed by atoms with van der Waals surface area (Å²) in [7, 11) is 1.66. The monoisotopic (exact) mass is 443 g/mol. The third kappa shape index (κ3) is 4.16. The molecule has 5 heteroatoms. The molecule has 2 fully saturated rings. The van der Waals surface area contributed by atoms with Gasteiger partial charge in [0.25, 0.3) is 0 Å². The van der Waals surface area contributed by atoms with Crippen molar-refractivity contribution in [3.05, 3.63) is 29.8 Å². The summed E-state index contributed by atoms with van der Waals surface area (Å²) in [4.78, 5) is 14.3. The van der Waals surface area contributed by atoms with Crippen LogP contribution in [0.1, 0.15) is 44.1 Å². The highest BCUT2D eigenvalue weighted by Gasteiger charge is 2.42. The number of alkyl halides is 1. The Hall–Kier alpha value is -0.980. The number of benzene rings is 1. The molecular formula is C19H26INO3. The summed E-state index contributed by atoms with van der Waals surface area (Å²) >= 11 is 2.34. The van der Waals surface area contributed by atoms with E-state index in [-0.39, 0.29) is 18.2 Å². The quantitative estimate of drug-likeness (QED) is 0.469. The van der Waals surface area contributed by atoms with Crippen LogP contribution in [0.3, 0.4) is 0 Å². The van der Waals surface area contributed by atoms with Gasteiger partial charge in [0.2, 0.25) is 0 Å². The first-order valence-electron chi connectivity index (χ1n) is 8.87. The van der Waals surface area contributed by atoms with E-state index < -0.39 is 0 Å². The van der Waals surface area contributed by atoms with Crippen LogP contribution in [-0.2, 0) is 11.3 Å². The molecule has 0 bridgehead atoms. The molecule has 132 valence electrons. The maximum atomic E-state index is 12.4. The average molecular weight is 443 g/mol. The summed E-state index contributed by atoms with van der Waals surface area (Å²) in [5.41, 5.74) is 1.12. The number of hydrogen-bond donors (Lipinski definition) is 0. The van der Waals surface area contributed by atoms with E-state index in [2.05, 4.69) is 22.6 Å². The van der Waals surface area contributed by atoms with Crippen LogP contribution in [-0.4, -0.2) is 34.7 Å². The van der Waals surface area contributed by atoms with Gasteiger partial charge in [-0.1, -0.05) is 66.8 Å². The van der Waals surface area contributed by atoms with Gasteiger partial charge < -0.3 is 9.47 Å². The van der Waals surface area contributed by atoms with E-state index in [9.17, 15) is 4.79 Å². The zero-order valence-corrected chi connectivity index (χ0v) is 16.4. The zero-order chi connectivity index (χ0) is 16.9. The van der Waals surface area contributed by atoms with Crippen molar-refractivity contribution in [1.82, 2.24) is 4.90 Å². The molecule has 0 spiro atoms. The minimum absolute atomic E-state index is 0.0262. The molecule has 0 aromatic heterocycles. The lowest BCUT2D eigenvalue weighted by Gasteiger charge is -2.30. The third-order valence-electron chi connectivity index (χ3n) is 5.28. The molecule has 4 nitrogen and oxygen atoms in total. The molecule has 2 aliphatic rings. The highest BCUT2D eigenvalue weighted by molar-refractivity contribution is 14.1. The molecule has 1 aromatic carbocycles. The van der Waals surface area contributed by atoms with E-state index in [1.807, 2.05) is 29.2 Å². The highest BCUT2D eigenvalue weighted by Crippen LogP contribution is 2.34. The van der Waals surface area contributed by atoms with Crippen molar-refractivity contribution >= 4 is 28.7 Å². The van der Waals surface area contributed by atoms with Gasteiger partial charge in [-0.3, -0.25) is 4.90 Å². The van der Waals surface area contributed by atoms with Crippen molar-refractivity contribution < 1.29 is 14.3 Å². The van der Waals surface area contributed by atoms with Gasteiger partial charge in [0.15, 0.2) is 0 Å². The van der Waals surface area contributed by atoms with E-state index >= 15 is 0 Å². The van der Waals surface area contributed by atoms with Crippen LogP contribution in [0.4, 0.5) is 4.79 Å². The van der Waals surface area contributed by atoms with Gasteiger partial charge in [0.05, 0.1) is 13.2 Å². The number of ether oxygens (including phenoxy) is 2. The first-order valence-corrected chi connectivity index (χ1v) is 10.4. The van der Waals surface area contributed by atoms with Crippen LogP contribution in [0.15, 0.2) is 24.3 Å². The van der Waals surface area contributed by atoms with Crippen molar-refractivity contribution in [3.8, 4) is 5.75 Å². The predicted molar refractivity (Wildman–Crippen MR) is 103 cm³/mol. The molecule has 1 aliphatic carbocycles. The van der Waals surface area contributed by atoms with Gasteiger partial charge in [-0.05, 0) is 30.0 Å². The lowest BCUT2D eigenvalue weighted by Crippen LogP contribution is -2.38. The summed E-state index contributed by atoms with van der Waals surface area (Å²) in [5.74, 6) is 1.58. The maximum absolute atomic E-state index is 12.4. The molecule has 0 N–H and O–H groups in total. The number of carbonyl (C=O) groups is 1. The summed E-state index contributed by atoms with van der Waals surface area (Å²) in [5, 5.41) is 0. The van der Waals surface area contributed by atoms with Gasteiger partial charge in [0, 0.05) is 11.0 Å². The van der Waals surface area contributed by atoms with Crippen LogP contribution >= 0.6 is 22.6 Å². The van der Waals surface area contributed by atoms with Gasteiger partial charge in [-0.2, -0.15) is 0 Å². The largest absolute Gasteiger partial charge is 0.497 e. The summed E-state index contributed by atoms with van der Waals surface area (Å²) < 4.78 is 11.7. The molecule has 1 aromatic rings. The molecular weight excluding hydrogens is 417 g/mol. The lowest BCUT2D eigenvalue weighted by molar-refractivity contribution is 0.138. The molecule has 0 unspecified atom stereocenters. The zero-order valence-electron chi connectivity index (χ0n) is 14.2. The van der Waals surface area contributed by atoms with Gasteiger partial charge in [0.1, 0.15) is 11.9 Å². The minimum Gasteiger partial charge on any atom is -0.497 e. The molecule has 3 rings (SSSR count). The molecule has 1 saturated carbocycles. The summed E-state index contributed by atoms with van der Waals surface area (Å²) in [6.07, 6.45) is 7.58. The molecule has 1 heterocycles. The second-order valence-corrected chi connectivity index (χ2v) is 7.74. The Morgan fingerprint density at radius 3 is 2.54 bits per heavy atom. The number of carbonyl (C=O) groups excluding carboxylic acids is 1. The van der Waals surface area contributed by atoms with E-state index in [4.69, 9.17) is 9.47 Å². The lowest BCUT2D eigenvalue weighted by atomic mass is 9.83. The van der Waals surface area contributed by atoms with Gasteiger partial charge >= 0.3 is 6.09 Å². The van der Waals surface area contributed by atoms with Gasteiger partial charge in [-0.25, -0.2) is 4.79 Å². The Bertz CT molecular complexity index is 542. The minimum atomic E-state index is -0.159. The molecule has 2 atom stereocenters. The summed E-state index contributed by atoms with van der Waals surface area (Å²) in [6, 6.07) is 8.16. The van der Waals surface area contributed by atoms with Crippen LogP contribution < -0.4 is 4.74 Å². The topological polar surface area (TPSA) is 38.8 Å². The number of nitrogens with zero attached hydrogens (tertiary/aromatic N) is 1. The second kappa shape index (κ2) is 8.41. The Morgan fingerprint density at radius 2 is 1.92 bits per heavy atom. The Labute approximate surface area is 158 Å². The predicted octanol–water partition coefficient (Wildman–Crippen LogP) is 4.79.